The smallest absolute Gasteiger partial charge is 0.347 e. The van der Waals surface area contributed by atoms with Crippen LogP contribution in [0, 0.1) is 17.3 Å². The number of amides is 2. The quantitative estimate of drug-likeness (QED) is 0.239. The predicted molar refractivity (Wildman–Crippen MR) is 169 cm³/mol. The highest BCUT2D eigenvalue weighted by Crippen LogP contribution is 2.45. The summed E-state index contributed by atoms with van der Waals surface area (Å²) >= 11 is 0. The van der Waals surface area contributed by atoms with E-state index in [0.29, 0.717) is 5.69 Å². The molecule has 0 bridgehead atoms. The Kier molecular flexibility index (Phi) is 11.0. The van der Waals surface area contributed by atoms with E-state index in [9.17, 15) is 19.2 Å². The zero-order valence-electron chi connectivity index (χ0n) is 26.7. The molecule has 2 heterocycles. The minimum absolute atomic E-state index is 0.0338. The van der Waals surface area contributed by atoms with Crippen LogP contribution in [0.15, 0.2) is 66.7 Å². The van der Waals surface area contributed by atoms with Crippen LogP contribution in [0.5, 0.6) is 0 Å². The topological polar surface area (TPSA) is 149 Å². The lowest BCUT2D eigenvalue weighted by atomic mass is 9.92. The molecule has 242 valence electrons. The Morgan fingerprint density at radius 1 is 0.956 bits per heavy atom. The number of carbonyl (C=O) groups excluding carboxylic acids is 4. The number of hydrogen-bond donors (Lipinski definition) is 3. The third kappa shape index (κ3) is 9.41. The van der Waals surface area contributed by atoms with E-state index >= 15 is 0 Å². The highest BCUT2D eigenvalue weighted by Gasteiger charge is 2.48. The highest BCUT2D eigenvalue weighted by molar-refractivity contribution is 5.93. The first-order valence-electron chi connectivity index (χ1n) is 15.5. The number of nitrogen functional groups attached to an aromatic ring is 1. The summed E-state index contributed by atoms with van der Waals surface area (Å²) in [7, 11) is 0. The Balaban J connectivity index is 1.60. The number of ether oxygens (including phenoxy) is 3. The van der Waals surface area contributed by atoms with Gasteiger partial charge in [-0.1, -0.05) is 69.3 Å². The maximum absolute atomic E-state index is 13.5. The number of rotatable bonds is 7. The third-order valence-corrected chi connectivity index (χ3v) is 8.17. The molecule has 2 aliphatic rings. The number of anilines is 1. The van der Waals surface area contributed by atoms with Gasteiger partial charge in [0.2, 0.25) is 11.8 Å². The molecule has 2 aromatic rings. The lowest BCUT2D eigenvalue weighted by molar-refractivity contribution is -0.179. The maximum Gasteiger partial charge on any atom is 0.347 e. The normalized spacial score (nSPS) is 27.5. The first-order chi connectivity index (χ1) is 21.3. The Hall–Kier alpha value is -4.18. The standard InChI is InChI=1S/C35H45N3O7/c1-21(2)18-28-33(41)43-27(22(3)30-31(45-30)24-10-7-6-8-11-24)12-9-13-29(39)38-26(19-23-14-16-25(36)17-15-23)32(40)37-20-35(4,5)34(42)44-28/h6-11,13-17,21-22,26-28,30-31H,12,18-20,36H2,1-5H3,(H,37,40)(H,38,39)/b13-9+/t22-,26+,27-,28-,30+,31+/m0/s1. The van der Waals surface area contributed by atoms with E-state index in [1.165, 1.54) is 6.08 Å². The molecule has 10 nitrogen and oxygen atoms in total. The Morgan fingerprint density at radius 2 is 1.64 bits per heavy atom. The van der Waals surface area contributed by atoms with Crippen molar-refractivity contribution < 1.29 is 33.4 Å². The predicted octanol–water partition coefficient (Wildman–Crippen LogP) is 4.04. The number of cyclic esters (lactones) is 2. The van der Waals surface area contributed by atoms with Crippen LogP contribution in [0.2, 0.25) is 0 Å². The summed E-state index contributed by atoms with van der Waals surface area (Å²) in [5.41, 5.74) is 7.06. The van der Waals surface area contributed by atoms with Crippen molar-refractivity contribution in [3.63, 3.8) is 0 Å². The molecule has 4 N–H and O–H groups in total. The molecule has 2 aromatic carbocycles. The van der Waals surface area contributed by atoms with Crippen molar-refractivity contribution in [3.05, 3.63) is 77.9 Å². The SMILES string of the molecule is CC(C)C[C@@H]1OC(=O)C(C)(C)CNC(=O)[C@@H](Cc2ccc(N)cc2)NC(=O)/C=C/C[C@@H]([C@H](C)[C@H]2O[C@@H]2c2ccccc2)OC1=O. The second-order valence-corrected chi connectivity index (χ2v) is 13.0. The van der Waals surface area contributed by atoms with Crippen molar-refractivity contribution in [3.8, 4) is 0 Å². The molecule has 45 heavy (non-hydrogen) atoms. The molecule has 1 saturated heterocycles. The molecule has 0 radical (unpaired) electrons. The van der Waals surface area contributed by atoms with Gasteiger partial charge in [-0.2, -0.15) is 0 Å². The molecular weight excluding hydrogens is 574 g/mol. The summed E-state index contributed by atoms with van der Waals surface area (Å²) in [5.74, 6) is -2.43. The van der Waals surface area contributed by atoms with Crippen LogP contribution in [0.1, 0.15) is 64.7 Å². The zero-order valence-corrected chi connectivity index (χ0v) is 26.7. The van der Waals surface area contributed by atoms with Gasteiger partial charge < -0.3 is 30.6 Å². The van der Waals surface area contributed by atoms with Gasteiger partial charge in [-0.15, -0.1) is 0 Å². The van der Waals surface area contributed by atoms with Crippen molar-refractivity contribution in [2.75, 3.05) is 12.3 Å². The van der Waals surface area contributed by atoms with Crippen LogP contribution in [0.4, 0.5) is 5.69 Å². The van der Waals surface area contributed by atoms with Gasteiger partial charge in [-0.25, -0.2) is 4.79 Å². The molecular formula is C35H45N3O7. The van der Waals surface area contributed by atoms with Gasteiger partial charge >= 0.3 is 11.9 Å². The monoisotopic (exact) mass is 619 g/mol. The van der Waals surface area contributed by atoms with E-state index in [4.69, 9.17) is 19.9 Å². The van der Waals surface area contributed by atoms with E-state index < -0.39 is 47.4 Å². The van der Waals surface area contributed by atoms with Crippen molar-refractivity contribution in [1.29, 1.82) is 0 Å². The van der Waals surface area contributed by atoms with Crippen molar-refractivity contribution >= 4 is 29.4 Å². The Bertz CT molecular complexity index is 1370. The lowest BCUT2D eigenvalue weighted by Crippen LogP contribution is -2.51. The minimum atomic E-state index is -1.17. The van der Waals surface area contributed by atoms with E-state index in [2.05, 4.69) is 10.6 Å². The third-order valence-electron chi connectivity index (χ3n) is 8.17. The average Bonchev–Trinajstić information content (AvgIpc) is 3.80. The van der Waals surface area contributed by atoms with Gasteiger partial charge in [0.05, 0.1) is 11.5 Å². The molecule has 4 rings (SSSR count). The molecule has 0 unspecified atom stereocenters. The van der Waals surface area contributed by atoms with Crippen LogP contribution in [0.25, 0.3) is 0 Å². The van der Waals surface area contributed by atoms with Crippen LogP contribution in [0.3, 0.4) is 0 Å². The van der Waals surface area contributed by atoms with Gasteiger partial charge in [-0.3, -0.25) is 14.4 Å². The molecule has 10 heteroatoms. The van der Waals surface area contributed by atoms with Gasteiger partial charge in [-0.05, 0) is 55.5 Å². The Morgan fingerprint density at radius 3 is 2.31 bits per heavy atom. The fraction of sp³-hybridized carbons (Fsp3) is 0.486. The summed E-state index contributed by atoms with van der Waals surface area (Å²) in [5, 5.41) is 5.56. The number of carbonyl (C=O) groups is 4. The van der Waals surface area contributed by atoms with Crippen LogP contribution < -0.4 is 16.4 Å². The zero-order chi connectivity index (χ0) is 32.7. The molecule has 0 aromatic heterocycles. The van der Waals surface area contributed by atoms with E-state index in [0.717, 1.165) is 11.1 Å². The number of nitrogens with one attached hydrogen (secondary N) is 2. The summed E-state index contributed by atoms with van der Waals surface area (Å²) < 4.78 is 17.8. The number of esters is 2. The molecule has 0 aliphatic carbocycles. The number of benzene rings is 2. The van der Waals surface area contributed by atoms with Crippen LogP contribution >= 0.6 is 0 Å². The molecule has 0 saturated carbocycles. The fourth-order valence-corrected chi connectivity index (χ4v) is 5.28. The molecule has 0 spiro atoms. The number of epoxide rings is 1. The summed E-state index contributed by atoms with van der Waals surface area (Å²) in [6.45, 7) is 8.99. The molecule has 6 atom stereocenters. The summed E-state index contributed by atoms with van der Waals surface area (Å²) in [4.78, 5) is 53.3. The van der Waals surface area contributed by atoms with E-state index in [1.54, 1.807) is 44.2 Å². The largest absolute Gasteiger partial charge is 0.459 e. The maximum atomic E-state index is 13.5. The fourth-order valence-electron chi connectivity index (χ4n) is 5.28. The second kappa shape index (κ2) is 14.7. The first-order valence-corrected chi connectivity index (χ1v) is 15.5. The van der Waals surface area contributed by atoms with Gasteiger partial charge in [0, 0.05) is 31.0 Å². The van der Waals surface area contributed by atoms with Gasteiger partial charge in [0.15, 0.2) is 6.10 Å². The minimum Gasteiger partial charge on any atom is -0.459 e. The van der Waals surface area contributed by atoms with Gasteiger partial charge in [0.25, 0.3) is 0 Å². The van der Waals surface area contributed by atoms with Crippen LogP contribution in [-0.2, 0) is 39.8 Å². The van der Waals surface area contributed by atoms with E-state index in [1.807, 2.05) is 51.1 Å². The van der Waals surface area contributed by atoms with Crippen molar-refractivity contribution in [2.45, 2.75) is 84.3 Å². The molecule has 2 amide bonds. The first kappa shape index (κ1) is 33.7. The summed E-state index contributed by atoms with van der Waals surface area (Å²) in [6, 6.07) is 15.9. The Labute approximate surface area is 265 Å². The summed E-state index contributed by atoms with van der Waals surface area (Å²) in [6.07, 6.45) is 1.54. The number of nitrogens with two attached hydrogens (primary N) is 1. The van der Waals surface area contributed by atoms with Crippen molar-refractivity contribution in [2.24, 2.45) is 17.3 Å². The van der Waals surface area contributed by atoms with E-state index in [-0.39, 0.29) is 49.9 Å². The lowest BCUT2D eigenvalue weighted by Gasteiger charge is -2.29. The van der Waals surface area contributed by atoms with Gasteiger partial charge in [0.1, 0.15) is 18.2 Å². The van der Waals surface area contributed by atoms with Crippen molar-refractivity contribution in [1.82, 2.24) is 10.6 Å². The van der Waals surface area contributed by atoms with Crippen LogP contribution in [-0.4, -0.2) is 54.7 Å². The highest BCUT2D eigenvalue weighted by atomic mass is 16.6. The molecule has 2 aliphatic heterocycles. The average molecular weight is 620 g/mol. The second-order valence-electron chi connectivity index (χ2n) is 13.0. The molecule has 1 fully saturated rings. The number of hydrogen-bond acceptors (Lipinski definition) is 8.